The van der Waals surface area contributed by atoms with Crippen molar-refractivity contribution in [3.05, 3.63) is 99.4 Å². The van der Waals surface area contributed by atoms with Crippen molar-refractivity contribution in [2.75, 3.05) is 5.32 Å². The minimum Gasteiger partial charge on any atom is -0.456 e. The van der Waals surface area contributed by atoms with Crippen LogP contribution in [0.15, 0.2) is 82.0 Å². The summed E-state index contributed by atoms with van der Waals surface area (Å²) in [6.45, 7) is 0. The highest BCUT2D eigenvalue weighted by Gasteiger charge is 2.11. The van der Waals surface area contributed by atoms with Crippen molar-refractivity contribution in [1.82, 2.24) is 0 Å². The van der Waals surface area contributed by atoms with Gasteiger partial charge in [-0.2, -0.15) is 0 Å². The fourth-order valence-electron chi connectivity index (χ4n) is 2.82. The molecule has 138 valence electrons. The highest BCUT2D eigenvalue weighted by atomic mass is 35.5. The third kappa shape index (κ3) is 3.66. The van der Waals surface area contributed by atoms with Crippen LogP contribution >= 0.6 is 11.6 Å². The number of nitrogens with one attached hydrogen (secondary N) is 1. The van der Waals surface area contributed by atoms with E-state index >= 15 is 0 Å². The number of hydrogen-bond acceptors (Lipinski definition) is 3. The fourth-order valence-corrected chi connectivity index (χ4v) is 2.95. The zero-order valence-electron chi connectivity index (χ0n) is 14.4. The van der Waals surface area contributed by atoms with Crippen LogP contribution in [0, 0.1) is 5.82 Å². The monoisotopic (exact) mass is 393 g/mol. The average molecular weight is 394 g/mol. The third-order valence-corrected chi connectivity index (χ3v) is 4.45. The lowest BCUT2D eigenvalue weighted by Crippen LogP contribution is -2.12. The molecule has 0 saturated heterocycles. The Kier molecular flexibility index (Phi) is 4.67. The van der Waals surface area contributed by atoms with E-state index in [9.17, 15) is 14.0 Å². The van der Waals surface area contributed by atoms with Crippen LogP contribution in [0.1, 0.15) is 10.4 Å². The van der Waals surface area contributed by atoms with Gasteiger partial charge in [-0.15, -0.1) is 0 Å². The standard InChI is InChI=1S/C22H13ClFNO3/c23-15-6-4-13(5-7-15)21-12-19(26)18-11-17(8-9-20(18)28-21)25-22(27)14-2-1-3-16(24)10-14/h1-12H,(H,25,27). The van der Waals surface area contributed by atoms with Gasteiger partial charge in [0.1, 0.15) is 17.2 Å². The molecule has 4 aromatic rings. The number of carbonyl (C=O) groups is 1. The van der Waals surface area contributed by atoms with Crippen LogP contribution in [-0.2, 0) is 0 Å². The third-order valence-electron chi connectivity index (χ3n) is 4.20. The van der Waals surface area contributed by atoms with Crippen LogP contribution in [0.25, 0.3) is 22.3 Å². The summed E-state index contributed by atoms with van der Waals surface area (Å²) < 4.78 is 19.1. The van der Waals surface area contributed by atoms with E-state index in [1.807, 2.05) is 0 Å². The molecule has 0 radical (unpaired) electrons. The Morgan fingerprint density at radius 1 is 0.964 bits per heavy atom. The van der Waals surface area contributed by atoms with Crippen LogP contribution in [0.2, 0.25) is 5.02 Å². The highest BCUT2D eigenvalue weighted by Crippen LogP contribution is 2.25. The molecule has 0 saturated carbocycles. The Balaban J connectivity index is 1.67. The normalized spacial score (nSPS) is 10.8. The minimum absolute atomic E-state index is 0.185. The molecule has 6 heteroatoms. The Bertz CT molecular complexity index is 1250. The summed E-state index contributed by atoms with van der Waals surface area (Å²) >= 11 is 5.89. The van der Waals surface area contributed by atoms with Crippen molar-refractivity contribution in [2.45, 2.75) is 0 Å². The fraction of sp³-hybridized carbons (Fsp3) is 0. The Morgan fingerprint density at radius 3 is 2.50 bits per heavy atom. The molecule has 4 nitrogen and oxygen atoms in total. The van der Waals surface area contributed by atoms with E-state index in [0.717, 1.165) is 11.6 Å². The molecule has 0 bridgehead atoms. The summed E-state index contributed by atoms with van der Waals surface area (Å²) in [5, 5.41) is 3.57. The van der Waals surface area contributed by atoms with E-state index in [1.165, 1.54) is 30.3 Å². The zero-order valence-corrected chi connectivity index (χ0v) is 15.2. The largest absolute Gasteiger partial charge is 0.456 e. The molecule has 1 amide bonds. The summed E-state index contributed by atoms with van der Waals surface area (Å²) in [7, 11) is 0. The highest BCUT2D eigenvalue weighted by molar-refractivity contribution is 6.30. The lowest BCUT2D eigenvalue weighted by molar-refractivity contribution is 0.102. The number of hydrogen-bond donors (Lipinski definition) is 1. The van der Waals surface area contributed by atoms with Crippen LogP contribution in [0.5, 0.6) is 0 Å². The maximum absolute atomic E-state index is 13.3. The molecule has 0 fully saturated rings. The van der Waals surface area contributed by atoms with E-state index in [4.69, 9.17) is 16.0 Å². The molecule has 4 rings (SSSR count). The van der Waals surface area contributed by atoms with E-state index in [2.05, 4.69) is 5.32 Å². The van der Waals surface area contributed by atoms with Gasteiger partial charge in [-0.25, -0.2) is 4.39 Å². The number of fused-ring (bicyclic) bond motifs is 1. The molecule has 3 aromatic carbocycles. The summed E-state index contributed by atoms with van der Waals surface area (Å²) in [6, 6.07) is 18.5. The van der Waals surface area contributed by atoms with Crippen LogP contribution in [-0.4, -0.2) is 5.91 Å². The maximum atomic E-state index is 13.3. The molecule has 0 atom stereocenters. The Labute approximate surface area is 164 Å². The summed E-state index contributed by atoms with van der Waals surface area (Å²) in [6.07, 6.45) is 0. The number of carbonyl (C=O) groups excluding carboxylic acids is 1. The lowest BCUT2D eigenvalue weighted by Gasteiger charge is -2.08. The molecule has 0 spiro atoms. The van der Waals surface area contributed by atoms with Crippen molar-refractivity contribution in [3.8, 4) is 11.3 Å². The first-order valence-corrected chi connectivity index (χ1v) is 8.78. The van der Waals surface area contributed by atoms with Crippen molar-refractivity contribution in [1.29, 1.82) is 0 Å². The molecule has 28 heavy (non-hydrogen) atoms. The van der Waals surface area contributed by atoms with Gasteiger partial charge in [-0.05, 0) is 60.7 Å². The zero-order chi connectivity index (χ0) is 19.7. The second-order valence-corrected chi connectivity index (χ2v) is 6.59. The topological polar surface area (TPSA) is 59.3 Å². The van der Waals surface area contributed by atoms with E-state index < -0.39 is 11.7 Å². The van der Waals surface area contributed by atoms with Gasteiger partial charge in [0.2, 0.25) is 0 Å². The molecule has 0 aliphatic heterocycles. The minimum atomic E-state index is -0.499. The maximum Gasteiger partial charge on any atom is 0.255 e. The SMILES string of the molecule is O=C(Nc1ccc2oc(-c3ccc(Cl)cc3)cc(=O)c2c1)c1cccc(F)c1. The van der Waals surface area contributed by atoms with Gasteiger partial charge < -0.3 is 9.73 Å². The molecule has 0 aliphatic rings. The summed E-state index contributed by atoms with van der Waals surface area (Å²) in [5.41, 5.74) is 1.47. The second-order valence-electron chi connectivity index (χ2n) is 6.16. The van der Waals surface area contributed by atoms with E-state index in [-0.39, 0.29) is 11.0 Å². The molecular formula is C22H13ClFNO3. The van der Waals surface area contributed by atoms with Gasteiger partial charge in [0.15, 0.2) is 5.43 Å². The molecular weight excluding hydrogens is 381 g/mol. The van der Waals surface area contributed by atoms with Gasteiger partial charge in [-0.1, -0.05) is 17.7 Å². The van der Waals surface area contributed by atoms with Crippen molar-refractivity contribution in [2.24, 2.45) is 0 Å². The summed E-state index contributed by atoms with van der Waals surface area (Å²) in [5.74, 6) is -0.548. The first-order valence-electron chi connectivity index (χ1n) is 8.40. The molecule has 1 aromatic heterocycles. The van der Waals surface area contributed by atoms with Gasteiger partial charge >= 0.3 is 0 Å². The van der Waals surface area contributed by atoms with Crippen LogP contribution in [0.3, 0.4) is 0 Å². The predicted octanol–water partition coefficient (Wildman–Crippen LogP) is 5.50. The first-order chi connectivity index (χ1) is 13.5. The van der Waals surface area contributed by atoms with Gasteiger partial charge in [0, 0.05) is 27.9 Å². The number of benzene rings is 3. The quantitative estimate of drug-likeness (QED) is 0.499. The van der Waals surface area contributed by atoms with Gasteiger partial charge in [-0.3, -0.25) is 9.59 Å². The molecule has 1 N–H and O–H groups in total. The average Bonchev–Trinajstić information content (AvgIpc) is 2.69. The number of rotatable bonds is 3. The molecule has 1 heterocycles. The van der Waals surface area contributed by atoms with Gasteiger partial charge in [0.25, 0.3) is 5.91 Å². The lowest BCUT2D eigenvalue weighted by atomic mass is 10.1. The molecule has 0 aliphatic carbocycles. The second kappa shape index (κ2) is 7.29. The van der Waals surface area contributed by atoms with E-state index in [1.54, 1.807) is 36.4 Å². The van der Waals surface area contributed by atoms with Crippen molar-refractivity contribution < 1.29 is 13.6 Å². The molecule has 0 unspecified atom stereocenters. The van der Waals surface area contributed by atoms with Crippen molar-refractivity contribution in [3.63, 3.8) is 0 Å². The predicted molar refractivity (Wildman–Crippen MR) is 107 cm³/mol. The number of halogens is 2. The van der Waals surface area contributed by atoms with Gasteiger partial charge in [0.05, 0.1) is 5.39 Å². The van der Waals surface area contributed by atoms with Crippen molar-refractivity contribution >= 4 is 34.2 Å². The number of amides is 1. The Hall–Kier alpha value is -3.44. The van der Waals surface area contributed by atoms with E-state index in [0.29, 0.717) is 27.4 Å². The first kappa shape index (κ1) is 17.9. The number of anilines is 1. The Morgan fingerprint density at radius 2 is 1.75 bits per heavy atom. The smallest absolute Gasteiger partial charge is 0.255 e. The van der Waals surface area contributed by atoms with Crippen LogP contribution < -0.4 is 10.7 Å². The van der Waals surface area contributed by atoms with Crippen LogP contribution in [0.4, 0.5) is 10.1 Å². The summed E-state index contributed by atoms with van der Waals surface area (Å²) in [4.78, 5) is 24.8.